The number of nitrogens with zero attached hydrogens (tertiary/aromatic N) is 1. The number of anilines is 1. The van der Waals surface area contributed by atoms with E-state index in [1.165, 1.54) is 0 Å². The fraction of sp³-hybridized carbons (Fsp3) is 0.188. The molecule has 0 radical (unpaired) electrons. The summed E-state index contributed by atoms with van der Waals surface area (Å²) in [6, 6.07) is 14.9. The average molecular weight is 291 g/mol. The molecule has 21 heavy (non-hydrogen) atoms. The summed E-state index contributed by atoms with van der Waals surface area (Å²) in [4.78, 5) is 12.7. The molecule has 0 aromatic heterocycles. The SMILES string of the molecule is O=C(N1c2ccccc2CC1c1ccccc1)C(F)(F)F. The van der Waals surface area contributed by atoms with Gasteiger partial charge in [0.05, 0.1) is 6.04 Å². The molecule has 0 fully saturated rings. The van der Waals surface area contributed by atoms with E-state index in [-0.39, 0.29) is 0 Å². The molecule has 5 heteroatoms. The Morgan fingerprint density at radius 2 is 1.62 bits per heavy atom. The van der Waals surface area contributed by atoms with Crippen LogP contribution in [0.2, 0.25) is 0 Å². The van der Waals surface area contributed by atoms with Gasteiger partial charge in [-0.3, -0.25) is 9.69 Å². The lowest BCUT2D eigenvalue weighted by atomic mass is 10.0. The Kier molecular flexibility index (Phi) is 3.20. The van der Waals surface area contributed by atoms with Gasteiger partial charge in [0.25, 0.3) is 0 Å². The first-order valence-corrected chi connectivity index (χ1v) is 6.51. The Labute approximate surface area is 119 Å². The van der Waals surface area contributed by atoms with Gasteiger partial charge in [-0.25, -0.2) is 0 Å². The van der Waals surface area contributed by atoms with Gasteiger partial charge >= 0.3 is 12.1 Å². The molecule has 1 heterocycles. The summed E-state index contributed by atoms with van der Waals surface area (Å²) in [5, 5.41) is 0. The number of alkyl halides is 3. The van der Waals surface area contributed by atoms with Crippen molar-refractivity contribution < 1.29 is 18.0 Å². The van der Waals surface area contributed by atoms with Gasteiger partial charge in [-0.1, -0.05) is 48.5 Å². The zero-order chi connectivity index (χ0) is 15.0. The number of carbonyl (C=O) groups excluding carboxylic acids is 1. The fourth-order valence-corrected chi connectivity index (χ4v) is 2.72. The second-order valence-electron chi connectivity index (χ2n) is 4.93. The van der Waals surface area contributed by atoms with E-state index in [0.717, 1.165) is 10.5 Å². The van der Waals surface area contributed by atoms with E-state index in [1.807, 2.05) is 0 Å². The van der Waals surface area contributed by atoms with Gasteiger partial charge in [0.2, 0.25) is 0 Å². The molecule has 2 aromatic carbocycles. The maximum Gasteiger partial charge on any atom is 0.471 e. The van der Waals surface area contributed by atoms with Crippen molar-refractivity contribution in [2.45, 2.75) is 18.6 Å². The van der Waals surface area contributed by atoms with E-state index < -0.39 is 18.1 Å². The van der Waals surface area contributed by atoms with E-state index in [9.17, 15) is 18.0 Å². The molecule has 1 amide bonds. The average Bonchev–Trinajstić information content (AvgIpc) is 2.85. The molecule has 0 aliphatic carbocycles. The van der Waals surface area contributed by atoms with Crippen LogP contribution in [-0.2, 0) is 11.2 Å². The van der Waals surface area contributed by atoms with Crippen LogP contribution in [-0.4, -0.2) is 12.1 Å². The van der Waals surface area contributed by atoms with E-state index in [4.69, 9.17) is 0 Å². The van der Waals surface area contributed by atoms with Crippen molar-refractivity contribution in [1.82, 2.24) is 0 Å². The highest BCUT2D eigenvalue weighted by Crippen LogP contribution is 2.42. The summed E-state index contributed by atoms with van der Waals surface area (Å²) < 4.78 is 38.7. The minimum Gasteiger partial charge on any atom is -0.296 e. The molecule has 0 spiro atoms. The predicted molar refractivity (Wildman–Crippen MR) is 72.9 cm³/mol. The standard InChI is InChI=1S/C16H12F3NO/c17-16(18,19)15(21)20-13-9-5-4-8-12(13)10-14(20)11-6-2-1-3-7-11/h1-9,14H,10H2. The molecule has 1 atom stereocenters. The van der Waals surface area contributed by atoms with Gasteiger partial charge in [-0.2, -0.15) is 13.2 Å². The number of halogens is 3. The number of benzene rings is 2. The molecule has 1 aliphatic heterocycles. The maximum atomic E-state index is 12.9. The first-order valence-electron chi connectivity index (χ1n) is 6.51. The minimum absolute atomic E-state index is 0.341. The van der Waals surface area contributed by atoms with E-state index in [2.05, 4.69) is 0 Å². The molecule has 0 N–H and O–H groups in total. The third-order valence-electron chi connectivity index (χ3n) is 3.62. The third kappa shape index (κ3) is 2.39. The predicted octanol–water partition coefficient (Wildman–Crippen LogP) is 3.88. The van der Waals surface area contributed by atoms with Crippen molar-refractivity contribution in [2.24, 2.45) is 0 Å². The lowest BCUT2D eigenvalue weighted by Gasteiger charge is -2.26. The quantitative estimate of drug-likeness (QED) is 0.781. The summed E-state index contributed by atoms with van der Waals surface area (Å²) in [7, 11) is 0. The van der Waals surface area contributed by atoms with Crippen molar-refractivity contribution in [3.05, 3.63) is 65.7 Å². The lowest BCUT2D eigenvalue weighted by Crippen LogP contribution is -2.41. The molecular formula is C16H12F3NO. The highest BCUT2D eigenvalue weighted by molar-refractivity contribution is 6.00. The molecule has 3 rings (SSSR count). The van der Waals surface area contributed by atoms with Crippen molar-refractivity contribution in [3.8, 4) is 0 Å². The molecule has 0 saturated heterocycles. The monoisotopic (exact) mass is 291 g/mol. The third-order valence-corrected chi connectivity index (χ3v) is 3.62. The summed E-state index contributed by atoms with van der Waals surface area (Å²) in [5.74, 6) is -1.82. The summed E-state index contributed by atoms with van der Waals surface area (Å²) in [6.07, 6.45) is -4.49. The molecule has 0 bridgehead atoms. The lowest BCUT2D eigenvalue weighted by molar-refractivity contribution is -0.170. The van der Waals surface area contributed by atoms with Crippen LogP contribution in [0.15, 0.2) is 54.6 Å². The topological polar surface area (TPSA) is 20.3 Å². The van der Waals surface area contributed by atoms with Gasteiger partial charge in [0, 0.05) is 5.69 Å². The van der Waals surface area contributed by atoms with Gasteiger partial charge in [0.15, 0.2) is 0 Å². The molecule has 1 aliphatic rings. The van der Waals surface area contributed by atoms with E-state index >= 15 is 0 Å². The first-order chi connectivity index (χ1) is 9.98. The summed E-state index contributed by atoms with van der Waals surface area (Å²) in [6.45, 7) is 0. The molecule has 0 saturated carbocycles. The van der Waals surface area contributed by atoms with Crippen molar-refractivity contribution >= 4 is 11.6 Å². The zero-order valence-corrected chi connectivity index (χ0v) is 11.0. The molecule has 1 unspecified atom stereocenters. The largest absolute Gasteiger partial charge is 0.471 e. The summed E-state index contributed by atoms with van der Waals surface area (Å²) >= 11 is 0. The van der Waals surface area contributed by atoms with Crippen molar-refractivity contribution in [2.75, 3.05) is 4.90 Å². The van der Waals surface area contributed by atoms with Crippen LogP contribution < -0.4 is 4.90 Å². The molecule has 108 valence electrons. The van der Waals surface area contributed by atoms with Crippen LogP contribution in [0.25, 0.3) is 0 Å². The minimum atomic E-state index is -4.88. The van der Waals surface area contributed by atoms with Gasteiger partial charge in [-0.05, 0) is 23.6 Å². The van der Waals surface area contributed by atoms with Gasteiger partial charge < -0.3 is 0 Å². The second kappa shape index (κ2) is 4.91. The number of para-hydroxylation sites is 1. The smallest absolute Gasteiger partial charge is 0.296 e. The van der Waals surface area contributed by atoms with Crippen molar-refractivity contribution in [3.63, 3.8) is 0 Å². The van der Waals surface area contributed by atoms with Gasteiger partial charge in [-0.15, -0.1) is 0 Å². The number of fused-ring (bicyclic) bond motifs is 1. The molecule has 2 aromatic rings. The number of amides is 1. The number of rotatable bonds is 1. The second-order valence-corrected chi connectivity index (χ2v) is 4.93. The Bertz CT molecular complexity index is 667. The van der Waals surface area contributed by atoms with Crippen LogP contribution in [0.3, 0.4) is 0 Å². The first kappa shape index (κ1) is 13.7. The van der Waals surface area contributed by atoms with Crippen LogP contribution >= 0.6 is 0 Å². The Balaban J connectivity index is 2.08. The van der Waals surface area contributed by atoms with Crippen LogP contribution in [0, 0.1) is 0 Å². The maximum absolute atomic E-state index is 12.9. The Morgan fingerprint density at radius 1 is 1.00 bits per heavy atom. The van der Waals surface area contributed by atoms with Crippen LogP contribution in [0.4, 0.5) is 18.9 Å². The van der Waals surface area contributed by atoms with Crippen molar-refractivity contribution in [1.29, 1.82) is 0 Å². The van der Waals surface area contributed by atoms with E-state index in [1.54, 1.807) is 54.6 Å². The van der Waals surface area contributed by atoms with Crippen LogP contribution in [0.1, 0.15) is 17.2 Å². The number of hydrogen-bond acceptors (Lipinski definition) is 1. The summed E-state index contributed by atoms with van der Waals surface area (Å²) in [5.41, 5.74) is 1.80. The number of carbonyl (C=O) groups is 1. The zero-order valence-electron chi connectivity index (χ0n) is 11.0. The Hall–Kier alpha value is -2.30. The fourth-order valence-electron chi connectivity index (χ4n) is 2.72. The van der Waals surface area contributed by atoms with Gasteiger partial charge in [0.1, 0.15) is 0 Å². The van der Waals surface area contributed by atoms with E-state index in [0.29, 0.717) is 17.7 Å². The number of hydrogen-bond donors (Lipinski definition) is 0. The highest BCUT2D eigenvalue weighted by Gasteiger charge is 2.48. The molecule has 2 nitrogen and oxygen atoms in total. The van der Waals surface area contributed by atoms with Crippen LogP contribution in [0.5, 0.6) is 0 Å². The Morgan fingerprint density at radius 3 is 2.29 bits per heavy atom. The highest BCUT2D eigenvalue weighted by atomic mass is 19.4. The molecular weight excluding hydrogens is 279 g/mol. The normalized spacial score (nSPS) is 17.7.